The van der Waals surface area contributed by atoms with Crippen molar-refractivity contribution in [1.82, 2.24) is 9.88 Å². The molecule has 0 aromatic carbocycles. The first-order chi connectivity index (χ1) is 9.29. The van der Waals surface area contributed by atoms with Crippen LogP contribution in [0.3, 0.4) is 0 Å². The van der Waals surface area contributed by atoms with Gasteiger partial charge in [-0.15, -0.1) is 0 Å². The molecule has 0 N–H and O–H groups in total. The first-order valence-corrected chi connectivity index (χ1v) is 7.24. The predicted molar refractivity (Wildman–Crippen MR) is 77.1 cm³/mol. The Morgan fingerprint density at radius 3 is 3.00 bits per heavy atom. The summed E-state index contributed by atoms with van der Waals surface area (Å²) >= 11 is 0. The minimum atomic E-state index is 0.682. The van der Waals surface area contributed by atoms with E-state index in [0.29, 0.717) is 5.92 Å². The highest BCUT2D eigenvalue weighted by atomic mass is 16.5. The lowest BCUT2D eigenvalue weighted by atomic mass is 10.1. The molecular weight excluding hydrogens is 236 g/mol. The van der Waals surface area contributed by atoms with Gasteiger partial charge in [0.15, 0.2) is 0 Å². The van der Waals surface area contributed by atoms with Gasteiger partial charge in [0.25, 0.3) is 0 Å². The average Bonchev–Trinajstić information content (AvgIpc) is 3.16. The molecule has 1 aromatic heterocycles. The van der Waals surface area contributed by atoms with Gasteiger partial charge in [-0.3, -0.25) is 4.98 Å². The first-order valence-electron chi connectivity index (χ1n) is 7.24. The number of nitrogens with zero attached hydrogens (tertiary/aromatic N) is 2. The summed E-state index contributed by atoms with van der Waals surface area (Å²) in [6.07, 6.45) is 12.1. The third-order valence-corrected chi connectivity index (χ3v) is 3.91. The molecular formula is C16H22N2O. The second-order valence-corrected chi connectivity index (χ2v) is 5.88. The van der Waals surface area contributed by atoms with Crippen LogP contribution in [0.25, 0.3) is 6.08 Å². The third-order valence-electron chi connectivity index (χ3n) is 3.91. The molecule has 2 heterocycles. The van der Waals surface area contributed by atoms with Gasteiger partial charge in [0.05, 0.1) is 12.8 Å². The fourth-order valence-corrected chi connectivity index (χ4v) is 2.48. The van der Waals surface area contributed by atoms with E-state index in [1.165, 1.54) is 32.4 Å². The lowest BCUT2D eigenvalue weighted by Gasteiger charge is -2.06. The molecule has 102 valence electrons. The number of rotatable bonds is 5. The van der Waals surface area contributed by atoms with Gasteiger partial charge in [0, 0.05) is 12.7 Å². The van der Waals surface area contributed by atoms with Gasteiger partial charge in [-0.25, -0.2) is 0 Å². The number of hydrogen-bond acceptors (Lipinski definition) is 3. The Hall–Kier alpha value is -1.35. The third kappa shape index (κ3) is 3.80. The van der Waals surface area contributed by atoms with Crippen LogP contribution in [0.15, 0.2) is 24.5 Å². The SMILES string of the molecule is CN1CCC(C=Cc2cncc(OCC3CC3)c2)C1. The van der Waals surface area contributed by atoms with Crippen LogP contribution in [-0.2, 0) is 0 Å². The monoisotopic (exact) mass is 258 g/mol. The summed E-state index contributed by atoms with van der Waals surface area (Å²) in [6, 6.07) is 2.09. The molecule has 0 spiro atoms. The summed E-state index contributed by atoms with van der Waals surface area (Å²) in [4.78, 5) is 6.63. The Morgan fingerprint density at radius 1 is 1.37 bits per heavy atom. The number of pyridine rings is 1. The Bertz CT molecular complexity index is 454. The maximum absolute atomic E-state index is 5.75. The summed E-state index contributed by atoms with van der Waals surface area (Å²) in [7, 11) is 2.18. The molecule has 3 rings (SSSR count). The standard InChI is InChI=1S/C16H22N2O/c1-18-7-6-13(11-18)2-5-15-8-16(10-17-9-15)19-12-14-3-4-14/h2,5,8-10,13-14H,3-4,6-7,11-12H2,1H3. The Kier molecular flexibility index (Phi) is 3.83. The molecule has 1 saturated heterocycles. The van der Waals surface area contributed by atoms with Gasteiger partial charge in [0.2, 0.25) is 0 Å². The van der Waals surface area contributed by atoms with E-state index >= 15 is 0 Å². The van der Waals surface area contributed by atoms with E-state index in [9.17, 15) is 0 Å². The van der Waals surface area contributed by atoms with E-state index in [-0.39, 0.29) is 0 Å². The highest BCUT2D eigenvalue weighted by Gasteiger charge is 2.21. The van der Waals surface area contributed by atoms with Crippen molar-refractivity contribution in [3.8, 4) is 5.75 Å². The minimum absolute atomic E-state index is 0.682. The van der Waals surface area contributed by atoms with Crippen molar-refractivity contribution >= 4 is 6.08 Å². The topological polar surface area (TPSA) is 25.4 Å². The van der Waals surface area contributed by atoms with Crippen LogP contribution in [0.5, 0.6) is 5.75 Å². The fraction of sp³-hybridized carbons (Fsp3) is 0.562. The molecule has 1 aliphatic carbocycles. The predicted octanol–water partition coefficient (Wildman–Crippen LogP) is 2.84. The fourth-order valence-electron chi connectivity index (χ4n) is 2.48. The van der Waals surface area contributed by atoms with Crippen molar-refractivity contribution in [3.63, 3.8) is 0 Å². The smallest absolute Gasteiger partial charge is 0.138 e. The number of aromatic nitrogens is 1. The minimum Gasteiger partial charge on any atom is -0.492 e. The van der Waals surface area contributed by atoms with Gasteiger partial charge in [-0.2, -0.15) is 0 Å². The molecule has 1 unspecified atom stereocenters. The van der Waals surface area contributed by atoms with Gasteiger partial charge in [-0.1, -0.05) is 12.2 Å². The zero-order chi connectivity index (χ0) is 13.1. The summed E-state index contributed by atoms with van der Waals surface area (Å²) in [5.41, 5.74) is 1.14. The van der Waals surface area contributed by atoms with Crippen LogP contribution in [-0.4, -0.2) is 36.6 Å². The molecule has 0 amide bonds. The van der Waals surface area contributed by atoms with Crippen LogP contribution >= 0.6 is 0 Å². The Balaban J connectivity index is 1.57. The molecule has 3 heteroatoms. The zero-order valence-electron chi connectivity index (χ0n) is 11.6. The van der Waals surface area contributed by atoms with Crippen molar-refractivity contribution < 1.29 is 4.74 Å². The molecule has 0 bridgehead atoms. The lowest BCUT2D eigenvalue weighted by molar-refractivity contribution is 0.298. The maximum atomic E-state index is 5.75. The van der Waals surface area contributed by atoms with E-state index in [0.717, 1.165) is 23.8 Å². The van der Waals surface area contributed by atoms with Crippen LogP contribution in [0.4, 0.5) is 0 Å². The number of ether oxygens (including phenoxy) is 1. The second kappa shape index (κ2) is 5.74. The van der Waals surface area contributed by atoms with E-state index in [2.05, 4.69) is 35.1 Å². The molecule has 0 radical (unpaired) electrons. The maximum Gasteiger partial charge on any atom is 0.138 e. The molecule has 3 nitrogen and oxygen atoms in total. The number of likely N-dealkylation sites (tertiary alicyclic amines) is 1. The second-order valence-electron chi connectivity index (χ2n) is 5.88. The Morgan fingerprint density at radius 2 is 2.26 bits per heavy atom. The van der Waals surface area contributed by atoms with E-state index in [1.54, 1.807) is 0 Å². The molecule has 2 fully saturated rings. The van der Waals surface area contributed by atoms with Crippen molar-refractivity contribution in [2.45, 2.75) is 19.3 Å². The lowest BCUT2D eigenvalue weighted by Crippen LogP contribution is -2.13. The molecule has 1 aromatic rings. The molecule has 1 aliphatic heterocycles. The van der Waals surface area contributed by atoms with Gasteiger partial charge >= 0.3 is 0 Å². The van der Waals surface area contributed by atoms with Crippen LogP contribution in [0, 0.1) is 11.8 Å². The summed E-state index contributed by atoms with van der Waals surface area (Å²) in [5.74, 6) is 2.37. The highest BCUT2D eigenvalue weighted by molar-refractivity contribution is 5.50. The number of hydrogen-bond donors (Lipinski definition) is 0. The zero-order valence-corrected chi connectivity index (χ0v) is 11.6. The van der Waals surface area contributed by atoms with Gasteiger partial charge < -0.3 is 9.64 Å². The highest BCUT2D eigenvalue weighted by Crippen LogP contribution is 2.29. The normalized spacial score (nSPS) is 24.2. The van der Waals surface area contributed by atoms with Crippen molar-refractivity contribution in [3.05, 3.63) is 30.1 Å². The van der Waals surface area contributed by atoms with E-state index < -0.39 is 0 Å². The molecule has 2 aliphatic rings. The molecule has 1 atom stereocenters. The van der Waals surface area contributed by atoms with Crippen molar-refractivity contribution in [2.75, 3.05) is 26.7 Å². The Labute approximate surface area is 115 Å². The molecule has 19 heavy (non-hydrogen) atoms. The van der Waals surface area contributed by atoms with Gasteiger partial charge in [-0.05, 0) is 56.3 Å². The summed E-state index contributed by atoms with van der Waals surface area (Å²) < 4.78 is 5.75. The summed E-state index contributed by atoms with van der Waals surface area (Å²) in [6.45, 7) is 3.22. The van der Waals surface area contributed by atoms with Crippen LogP contribution in [0.2, 0.25) is 0 Å². The first kappa shape index (κ1) is 12.7. The van der Waals surface area contributed by atoms with Crippen LogP contribution < -0.4 is 4.74 Å². The average molecular weight is 258 g/mol. The van der Waals surface area contributed by atoms with E-state index in [1.807, 2.05) is 12.4 Å². The quantitative estimate of drug-likeness (QED) is 0.812. The van der Waals surface area contributed by atoms with E-state index in [4.69, 9.17) is 4.74 Å². The van der Waals surface area contributed by atoms with Gasteiger partial charge in [0.1, 0.15) is 5.75 Å². The van der Waals surface area contributed by atoms with Crippen LogP contribution in [0.1, 0.15) is 24.8 Å². The molecule has 1 saturated carbocycles. The summed E-state index contributed by atoms with van der Waals surface area (Å²) in [5, 5.41) is 0. The van der Waals surface area contributed by atoms with Crippen molar-refractivity contribution in [1.29, 1.82) is 0 Å². The van der Waals surface area contributed by atoms with Crippen molar-refractivity contribution in [2.24, 2.45) is 11.8 Å². The largest absolute Gasteiger partial charge is 0.492 e.